The van der Waals surface area contributed by atoms with Crippen LogP contribution in [0, 0.1) is 13.8 Å². The van der Waals surface area contributed by atoms with Gasteiger partial charge in [0.15, 0.2) is 0 Å². The Morgan fingerprint density at radius 1 is 1.32 bits per heavy atom. The molecule has 0 radical (unpaired) electrons. The molecule has 130 valence electrons. The summed E-state index contributed by atoms with van der Waals surface area (Å²) in [5.41, 5.74) is 1.54. The van der Waals surface area contributed by atoms with Gasteiger partial charge in [0.05, 0.1) is 23.2 Å². The third kappa shape index (κ3) is 3.71. The smallest absolute Gasteiger partial charge is 0.261 e. The molecule has 6 nitrogen and oxygen atoms in total. The highest BCUT2D eigenvalue weighted by atomic mass is 32.1. The van der Waals surface area contributed by atoms with E-state index in [0.717, 1.165) is 11.3 Å². The average Bonchev–Trinajstić information content (AvgIpc) is 2.94. The number of carbonyl (C=O) groups is 1. The van der Waals surface area contributed by atoms with Crippen LogP contribution in [-0.2, 0) is 0 Å². The van der Waals surface area contributed by atoms with Gasteiger partial charge in [-0.25, -0.2) is 4.98 Å². The molecule has 0 aliphatic rings. The fraction of sp³-hybridized carbons (Fsp3) is 0.278. The molecule has 2 N–H and O–H groups in total. The highest BCUT2D eigenvalue weighted by Crippen LogP contribution is 2.26. The molecular weight excluding hydrogens is 338 g/mol. The van der Waals surface area contributed by atoms with Crippen LogP contribution in [0.5, 0.6) is 5.75 Å². The molecule has 1 aromatic carbocycles. The summed E-state index contributed by atoms with van der Waals surface area (Å²) in [6.45, 7) is 4.79. The average molecular weight is 357 g/mol. The van der Waals surface area contributed by atoms with Crippen LogP contribution in [0.3, 0.4) is 0 Å². The topological polar surface area (TPSA) is 84.1 Å². The van der Waals surface area contributed by atoms with Gasteiger partial charge in [-0.3, -0.25) is 9.59 Å². The Kier molecular flexibility index (Phi) is 5.14. The molecule has 0 bridgehead atoms. The minimum atomic E-state index is -0.218. The molecule has 1 amide bonds. The van der Waals surface area contributed by atoms with E-state index in [-0.39, 0.29) is 11.5 Å². The number of fused-ring (bicyclic) bond motifs is 1. The van der Waals surface area contributed by atoms with Gasteiger partial charge in [-0.2, -0.15) is 0 Å². The van der Waals surface area contributed by atoms with E-state index in [1.165, 1.54) is 17.7 Å². The predicted octanol–water partition coefficient (Wildman–Crippen LogP) is 2.80. The number of aryl methyl sites for hydroxylation is 2. The van der Waals surface area contributed by atoms with Crippen molar-refractivity contribution in [1.29, 1.82) is 0 Å². The maximum atomic E-state index is 12.4. The Morgan fingerprint density at radius 2 is 2.12 bits per heavy atom. The van der Waals surface area contributed by atoms with Crippen molar-refractivity contribution in [3.8, 4) is 5.75 Å². The molecule has 7 heteroatoms. The number of thiophene rings is 1. The quantitative estimate of drug-likeness (QED) is 0.665. The van der Waals surface area contributed by atoms with Gasteiger partial charge in [0.2, 0.25) is 0 Å². The molecule has 0 fully saturated rings. The van der Waals surface area contributed by atoms with Crippen molar-refractivity contribution in [3.05, 3.63) is 57.0 Å². The largest absolute Gasteiger partial charge is 0.493 e. The normalized spacial score (nSPS) is 10.8. The first kappa shape index (κ1) is 17.2. The van der Waals surface area contributed by atoms with Crippen molar-refractivity contribution in [2.24, 2.45) is 0 Å². The SMILES string of the molecule is Cc1ccccc1OCCCNC(=O)c1sc2nc[nH]c(=O)c2c1C. The fourth-order valence-corrected chi connectivity index (χ4v) is 3.62. The van der Waals surface area contributed by atoms with E-state index in [9.17, 15) is 9.59 Å². The zero-order chi connectivity index (χ0) is 17.8. The van der Waals surface area contributed by atoms with E-state index in [1.807, 2.05) is 31.2 Å². The van der Waals surface area contributed by atoms with Crippen LogP contribution in [0.25, 0.3) is 10.2 Å². The van der Waals surface area contributed by atoms with Gasteiger partial charge in [0, 0.05) is 6.54 Å². The first-order chi connectivity index (χ1) is 12.1. The number of H-pyrrole nitrogens is 1. The van der Waals surface area contributed by atoms with E-state index < -0.39 is 0 Å². The molecule has 0 saturated heterocycles. The number of rotatable bonds is 6. The molecular formula is C18H19N3O3S. The molecule has 0 unspecified atom stereocenters. The van der Waals surface area contributed by atoms with Gasteiger partial charge < -0.3 is 15.0 Å². The summed E-state index contributed by atoms with van der Waals surface area (Å²) in [7, 11) is 0. The number of nitrogens with zero attached hydrogens (tertiary/aromatic N) is 1. The lowest BCUT2D eigenvalue weighted by Crippen LogP contribution is -2.25. The molecule has 0 spiro atoms. The molecule has 25 heavy (non-hydrogen) atoms. The van der Waals surface area contributed by atoms with Crippen molar-refractivity contribution >= 4 is 27.5 Å². The number of aromatic amines is 1. The van der Waals surface area contributed by atoms with Gasteiger partial charge in [-0.1, -0.05) is 18.2 Å². The van der Waals surface area contributed by atoms with Crippen molar-refractivity contribution in [2.45, 2.75) is 20.3 Å². The standard InChI is InChI=1S/C18H19N3O3S/c1-11-6-3-4-7-13(11)24-9-5-8-19-17(23)15-12(2)14-16(22)20-10-21-18(14)25-15/h3-4,6-7,10H,5,8-9H2,1-2H3,(H,19,23)(H,20,21,22). The summed E-state index contributed by atoms with van der Waals surface area (Å²) in [6.07, 6.45) is 2.05. The summed E-state index contributed by atoms with van der Waals surface area (Å²) in [4.78, 5) is 32.0. The Balaban J connectivity index is 1.55. The molecule has 2 heterocycles. The second-order valence-electron chi connectivity index (χ2n) is 5.69. The Labute approximate surface area is 148 Å². The first-order valence-corrected chi connectivity index (χ1v) is 8.83. The van der Waals surface area contributed by atoms with E-state index in [4.69, 9.17) is 4.74 Å². The number of hydrogen-bond acceptors (Lipinski definition) is 5. The van der Waals surface area contributed by atoms with Crippen LogP contribution in [0.4, 0.5) is 0 Å². The van der Waals surface area contributed by atoms with Crippen LogP contribution in [0.2, 0.25) is 0 Å². The van der Waals surface area contributed by atoms with E-state index in [0.29, 0.717) is 40.2 Å². The van der Waals surface area contributed by atoms with Gasteiger partial charge in [0.1, 0.15) is 10.6 Å². The summed E-state index contributed by atoms with van der Waals surface area (Å²) in [5, 5.41) is 3.36. The maximum absolute atomic E-state index is 12.4. The maximum Gasteiger partial charge on any atom is 0.261 e. The Morgan fingerprint density at radius 3 is 2.88 bits per heavy atom. The Hall–Kier alpha value is -2.67. The first-order valence-electron chi connectivity index (χ1n) is 8.01. The molecule has 0 atom stereocenters. The number of amides is 1. The highest BCUT2D eigenvalue weighted by Gasteiger charge is 2.17. The lowest BCUT2D eigenvalue weighted by atomic mass is 10.2. The second kappa shape index (κ2) is 7.48. The lowest BCUT2D eigenvalue weighted by Gasteiger charge is -2.09. The van der Waals surface area contributed by atoms with Crippen molar-refractivity contribution in [2.75, 3.05) is 13.2 Å². The van der Waals surface area contributed by atoms with Gasteiger partial charge in [-0.15, -0.1) is 11.3 Å². The number of carbonyl (C=O) groups excluding carboxylic acids is 1. The number of para-hydroxylation sites is 1. The van der Waals surface area contributed by atoms with Gasteiger partial charge in [0.25, 0.3) is 11.5 Å². The van der Waals surface area contributed by atoms with Crippen molar-refractivity contribution < 1.29 is 9.53 Å². The predicted molar refractivity (Wildman–Crippen MR) is 98.6 cm³/mol. The third-order valence-corrected chi connectivity index (χ3v) is 5.10. The molecule has 0 aliphatic heterocycles. The number of hydrogen-bond donors (Lipinski definition) is 2. The summed E-state index contributed by atoms with van der Waals surface area (Å²) >= 11 is 1.23. The monoisotopic (exact) mass is 357 g/mol. The zero-order valence-corrected chi connectivity index (χ0v) is 14.9. The van der Waals surface area contributed by atoms with Crippen molar-refractivity contribution in [3.63, 3.8) is 0 Å². The van der Waals surface area contributed by atoms with Crippen LogP contribution < -0.4 is 15.6 Å². The van der Waals surface area contributed by atoms with E-state index in [2.05, 4.69) is 15.3 Å². The van der Waals surface area contributed by atoms with Gasteiger partial charge in [-0.05, 0) is 37.5 Å². The second-order valence-corrected chi connectivity index (χ2v) is 6.69. The van der Waals surface area contributed by atoms with E-state index in [1.54, 1.807) is 6.92 Å². The minimum absolute atomic E-state index is 0.184. The van der Waals surface area contributed by atoms with Crippen LogP contribution >= 0.6 is 11.3 Å². The number of benzene rings is 1. The van der Waals surface area contributed by atoms with Crippen LogP contribution in [-0.4, -0.2) is 29.0 Å². The molecule has 0 saturated carbocycles. The zero-order valence-electron chi connectivity index (χ0n) is 14.1. The molecule has 0 aliphatic carbocycles. The Bertz CT molecular complexity index is 962. The van der Waals surface area contributed by atoms with Crippen molar-refractivity contribution in [1.82, 2.24) is 15.3 Å². The number of ether oxygens (including phenoxy) is 1. The molecule has 2 aromatic heterocycles. The fourth-order valence-electron chi connectivity index (χ4n) is 2.55. The van der Waals surface area contributed by atoms with Crippen LogP contribution in [0.1, 0.15) is 27.2 Å². The summed E-state index contributed by atoms with van der Waals surface area (Å²) < 4.78 is 5.71. The summed E-state index contributed by atoms with van der Waals surface area (Å²) in [5.74, 6) is 0.676. The number of nitrogens with one attached hydrogen (secondary N) is 2. The van der Waals surface area contributed by atoms with Crippen LogP contribution in [0.15, 0.2) is 35.4 Å². The molecule has 3 rings (SSSR count). The van der Waals surface area contributed by atoms with E-state index >= 15 is 0 Å². The van der Waals surface area contributed by atoms with Gasteiger partial charge >= 0.3 is 0 Å². The summed E-state index contributed by atoms with van der Waals surface area (Å²) in [6, 6.07) is 7.83. The highest BCUT2D eigenvalue weighted by molar-refractivity contribution is 7.20. The lowest BCUT2D eigenvalue weighted by molar-refractivity contribution is 0.0955. The number of aromatic nitrogens is 2. The minimum Gasteiger partial charge on any atom is -0.493 e. The third-order valence-electron chi connectivity index (χ3n) is 3.90. The molecule has 3 aromatic rings.